The molecule has 1 saturated heterocycles. The Bertz CT molecular complexity index is 678. The Labute approximate surface area is 144 Å². The maximum atomic E-state index is 4.26. The van der Waals surface area contributed by atoms with Crippen LogP contribution in [0, 0.1) is 11.8 Å². The van der Waals surface area contributed by atoms with Crippen molar-refractivity contribution in [1.82, 2.24) is 20.0 Å². The molecular weight excluding hydrogens is 296 g/mol. The van der Waals surface area contributed by atoms with Crippen molar-refractivity contribution in [2.24, 2.45) is 11.8 Å². The molecule has 1 aromatic heterocycles. The van der Waals surface area contributed by atoms with E-state index in [4.69, 9.17) is 0 Å². The Hall–Kier alpha value is -1.91. The predicted octanol–water partition coefficient (Wildman–Crippen LogP) is 2.98. The van der Waals surface area contributed by atoms with Crippen LogP contribution in [0.15, 0.2) is 49.3 Å². The molecule has 4 nitrogen and oxygen atoms in total. The Morgan fingerprint density at radius 1 is 1.17 bits per heavy atom. The van der Waals surface area contributed by atoms with Crippen LogP contribution in [0.3, 0.4) is 0 Å². The van der Waals surface area contributed by atoms with Gasteiger partial charge in [-0.1, -0.05) is 36.9 Å². The highest BCUT2D eigenvalue weighted by atomic mass is 15.2. The molecule has 4 rings (SSSR count). The Kier molecular flexibility index (Phi) is 4.50. The quantitative estimate of drug-likeness (QED) is 0.887. The summed E-state index contributed by atoms with van der Waals surface area (Å²) in [4.78, 5) is 2.63. The van der Waals surface area contributed by atoms with E-state index >= 15 is 0 Å². The van der Waals surface area contributed by atoms with E-state index in [2.05, 4.69) is 52.2 Å². The molecule has 0 unspecified atom stereocenters. The fourth-order valence-corrected chi connectivity index (χ4v) is 4.40. The molecule has 0 amide bonds. The molecule has 4 heteroatoms. The molecule has 0 radical (unpaired) electrons. The van der Waals surface area contributed by atoms with Gasteiger partial charge in [0.25, 0.3) is 0 Å². The Balaban J connectivity index is 1.32. The van der Waals surface area contributed by atoms with Gasteiger partial charge in [-0.05, 0) is 30.2 Å². The second-order valence-electron chi connectivity index (χ2n) is 7.18. The van der Waals surface area contributed by atoms with Crippen LogP contribution in [0.5, 0.6) is 0 Å². The molecule has 3 atom stereocenters. The van der Waals surface area contributed by atoms with E-state index in [0.29, 0.717) is 6.04 Å². The molecule has 126 valence electrons. The van der Waals surface area contributed by atoms with Crippen LogP contribution in [-0.2, 0) is 13.1 Å². The van der Waals surface area contributed by atoms with Gasteiger partial charge in [0.15, 0.2) is 0 Å². The lowest BCUT2D eigenvalue weighted by atomic mass is 9.98. The second kappa shape index (κ2) is 6.91. The number of fused-ring (bicyclic) bond motifs is 1. The van der Waals surface area contributed by atoms with Gasteiger partial charge in [0.1, 0.15) is 0 Å². The lowest BCUT2D eigenvalue weighted by Gasteiger charge is -2.21. The first-order valence-corrected chi connectivity index (χ1v) is 8.97. The molecular formula is C20H26N4. The molecule has 1 N–H and O–H groups in total. The van der Waals surface area contributed by atoms with Gasteiger partial charge < -0.3 is 5.32 Å². The third-order valence-electron chi connectivity index (χ3n) is 5.59. The van der Waals surface area contributed by atoms with Crippen LogP contribution in [0.1, 0.15) is 24.0 Å². The van der Waals surface area contributed by atoms with Gasteiger partial charge in [-0.3, -0.25) is 4.90 Å². The van der Waals surface area contributed by atoms with Gasteiger partial charge in [-0.2, -0.15) is 5.10 Å². The summed E-state index contributed by atoms with van der Waals surface area (Å²) in [7, 11) is 0. The molecule has 2 aliphatic rings. The van der Waals surface area contributed by atoms with Crippen LogP contribution in [0.2, 0.25) is 0 Å². The van der Waals surface area contributed by atoms with Crippen LogP contribution in [0.4, 0.5) is 0 Å². The van der Waals surface area contributed by atoms with E-state index in [0.717, 1.165) is 24.9 Å². The Morgan fingerprint density at radius 2 is 2.04 bits per heavy atom. The molecule has 1 aliphatic heterocycles. The van der Waals surface area contributed by atoms with Gasteiger partial charge in [0, 0.05) is 50.2 Å². The van der Waals surface area contributed by atoms with Gasteiger partial charge in [0.2, 0.25) is 0 Å². The zero-order valence-electron chi connectivity index (χ0n) is 14.1. The van der Waals surface area contributed by atoms with Crippen LogP contribution >= 0.6 is 0 Å². The van der Waals surface area contributed by atoms with Gasteiger partial charge in [0.05, 0.1) is 6.20 Å². The minimum Gasteiger partial charge on any atom is -0.309 e. The zero-order chi connectivity index (χ0) is 16.4. The monoisotopic (exact) mass is 322 g/mol. The molecule has 2 heterocycles. The standard InChI is InChI=1S/C20H26N4/c1-2-24-13-17(11-22-24)10-21-20-9-8-18-14-23(15-19(18)20)12-16-6-4-3-5-7-16/h2-7,11,13,18-21H,1,8-10,12,14-15H2/t18-,19+,20+/m0/s1. The summed E-state index contributed by atoms with van der Waals surface area (Å²) < 4.78 is 1.77. The number of benzene rings is 1. The predicted molar refractivity (Wildman–Crippen MR) is 97.2 cm³/mol. The van der Waals surface area contributed by atoms with Crippen molar-refractivity contribution in [2.75, 3.05) is 13.1 Å². The number of likely N-dealkylation sites (tertiary alicyclic amines) is 1. The van der Waals surface area contributed by atoms with E-state index in [-0.39, 0.29) is 0 Å². The third-order valence-corrected chi connectivity index (χ3v) is 5.59. The molecule has 1 aliphatic carbocycles. The summed E-state index contributed by atoms with van der Waals surface area (Å²) in [6.07, 6.45) is 8.37. The summed E-state index contributed by atoms with van der Waals surface area (Å²) in [5, 5.41) is 8.03. The molecule has 0 bridgehead atoms. The van der Waals surface area contributed by atoms with E-state index in [1.807, 2.05) is 12.4 Å². The first-order chi connectivity index (χ1) is 11.8. The first kappa shape index (κ1) is 15.6. The maximum absolute atomic E-state index is 4.26. The minimum atomic E-state index is 0.642. The number of nitrogens with zero attached hydrogens (tertiary/aromatic N) is 3. The number of nitrogens with one attached hydrogen (secondary N) is 1. The molecule has 2 fully saturated rings. The lowest BCUT2D eigenvalue weighted by molar-refractivity contribution is 0.288. The molecule has 1 saturated carbocycles. The third kappa shape index (κ3) is 3.30. The van der Waals surface area contributed by atoms with Crippen LogP contribution in [0.25, 0.3) is 6.20 Å². The Morgan fingerprint density at radius 3 is 2.83 bits per heavy atom. The van der Waals surface area contributed by atoms with Gasteiger partial charge in [-0.15, -0.1) is 0 Å². The summed E-state index contributed by atoms with van der Waals surface area (Å²) in [6, 6.07) is 11.5. The number of hydrogen-bond donors (Lipinski definition) is 1. The van der Waals surface area contributed by atoms with Crippen molar-refractivity contribution >= 4 is 6.20 Å². The van der Waals surface area contributed by atoms with Crippen LogP contribution in [-0.4, -0.2) is 33.8 Å². The summed E-state index contributed by atoms with van der Waals surface area (Å²) >= 11 is 0. The zero-order valence-corrected chi connectivity index (χ0v) is 14.1. The van der Waals surface area contributed by atoms with Crippen molar-refractivity contribution in [1.29, 1.82) is 0 Å². The normalized spacial score (nSPS) is 26.6. The van der Waals surface area contributed by atoms with Crippen molar-refractivity contribution < 1.29 is 0 Å². The van der Waals surface area contributed by atoms with Crippen LogP contribution < -0.4 is 5.32 Å². The molecule has 24 heavy (non-hydrogen) atoms. The largest absolute Gasteiger partial charge is 0.309 e. The molecule has 0 spiro atoms. The lowest BCUT2D eigenvalue weighted by Crippen LogP contribution is -2.35. The van der Waals surface area contributed by atoms with E-state index in [1.165, 1.54) is 37.1 Å². The average Bonchev–Trinajstić information content (AvgIpc) is 3.30. The topological polar surface area (TPSA) is 33.1 Å². The number of rotatable bonds is 6. The number of hydrogen-bond acceptors (Lipinski definition) is 3. The highest BCUT2D eigenvalue weighted by Gasteiger charge is 2.42. The van der Waals surface area contributed by atoms with Crippen molar-refractivity contribution in [3.63, 3.8) is 0 Å². The summed E-state index contributed by atoms with van der Waals surface area (Å²) in [5.41, 5.74) is 2.66. The minimum absolute atomic E-state index is 0.642. The second-order valence-corrected chi connectivity index (χ2v) is 7.18. The van der Waals surface area contributed by atoms with E-state index in [9.17, 15) is 0 Å². The van der Waals surface area contributed by atoms with Crippen molar-refractivity contribution in [2.45, 2.75) is 32.0 Å². The van der Waals surface area contributed by atoms with E-state index < -0.39 is 0 Å². The fourth-order valence-electron chi connectivity index (χ4n) is 4.40. The van der Waals surface area contributed by atoms with E-state index in [1.54, 1.807) is 10.9 Å². The number of aromatic nitrogens is 2. The van der Waals surface area contributed by atoms with Gasteiger partial charge >= 0.3 is 0 Å². The SMILES string of the molecule is C=Cn1cc(CN[C@@H]2CC[C@H]3CN(Cc4ccccc4)C[C@H]32)cn1. The smallest absolute Gasteiger partial charge is 0.0538 e. The van der Waals surface area contributed by atoms with Gasteiger partial charge in [-0.25, -0.2) is 4.68 Å². The highest BCUT2D eigenvalue weighted by Crippen LogP contribution is 2.38. The summed E-state index contributed by atoms with van der Waals surface area (Å²) in [6.45, 7) is 8.22. The first-order valence-electron chi connectivity index (χ1n) is 8.97. The average molecular weight is 322 g/mol. The maximum Gasteiger partial charge on any atom is 0.0538 e. The molecule has 1 aromatic carbocycles. The summed E-state index contributed by atoms with van der Waals surface area (Å²) in [5.74, 6) is 1.66. The highest BCUT2D eigenvalue weighted by molar-refractivity contribution is 5.18. The van der Waals surface area contributed by atoms with Crippen molar-refractivity contribution in [3.8, 4) is 0 Å². The fraction of sp³-hybridized carbons (Fsp3) is 0.450. The van der Waals surface area contributed by atoms with Crippen molar-refractivity contribution in [3.05, 3.63) is 60.4 Å². The molecule has 2 aromatic rings.